The van der Waals surface area contributed by atoms with Crippen molar-refractivity contribution in [3.8, 4) is 22.3 Å². The van der Waals surface area contributed by atoms with Crippen LogP contribution in [0, 0.1) is 11.8 Å². The second kappa shape index (κ2) is 29.8. The maximum atomic E-state index is 13.7. The van der Waals surface area contributed by atoms with Crippen LogP contribution in [-0.4, -0.2) is 80.0 Å². The molecule has 4 rings (SSSR count). The van der Waals surface area contributed by atoms with E-state index in [9.17, 15) is 19.2 Å². The highest BCUT2D eigenvalue weighted by atomic mass is 16.2. The number of hydrogen-bond donors (Lipinski definition) is 8. The molecule has 0 radical (unpaired) electrons. The molecule has 4 aromatic carbocycles. The molecule has 12 nitrogen and oxygen atoms in total. The molecule has 68 heavy (non-hydrogen) atoms. The number of nitrogens with two attached hydrogens (primary N) is 2. The lowest BCUT2D eigenvalue weighted by molar-refractivity contribution is -0.130. The Balaban J connectivity index is 1.24. The molecule has 368 valence electrons. The number of unbranched alkanes of at least 4 members (excludes halogenated alkanes) is 2. The first-order valence-electron chi connectivity index (χ1n) is 24.8. The van der Waals surface area contributed by atoms with Crippen LogP contribution >= 0.6 is 0 Å². The number of hydrogen-bond acceptors (Lipinski definition) is 8. The number of carbonyl (C=O) groups is 4. The van der Waals surface area contributed by atoms with E-state index in [0.717, 1.165) is 84.7 Å². The van der Waals surface area contributed by atoms with Gasteiger partial charge in [0.1, 0.15) is 18.1 Å². The minimum Gasteiger partial charge on any atom is -0.377 e. The molecule has 4 aromatic rings. The number of rotatable bonds is 31. The lowest BCUT2D eigenvalue weighted by atomic mass is 9.96. The van der Waals surface area contributed by atoms with Gasteiger partial charge in [0.15, 0.2) is 0 Å². The second-order valence-corrected chi connectivity index (χ2v) is 18.9. The number of carbonyl (C=O) groups excluding carboxylic acids is 4. The average molecular weight is 929 g/mol. The molecular formula is C56H80N8O4. The van der Waals surface area contributed by atoms with Gasteiger partial charge in [-0.05, 0) is 84.7 Å². The van der Waals surface area contributed by atoms with E-state index in [0.29, 0.717) is 43.5 Å². The lowest BCUT2D eigenvalue weighted by Crippen LogP contribution is -2.57. The molecule has 0 aliphatic heterocycles. The Bertz CT molecular complexity index is 2110. The van der Waals surface area contributed by atoms with Crippen molar-refractivity contribution in [3.63, 3.8) is 0 Å². The zero-order valence-electron chi connectivity index (χ0n) is 41.3. The summed E-state index contributed by atoms with van der Waals surface area (Å²) in [6.45, 7) is 15.5. The molecule has 0 heterocycles. The SMILES string of the molecule is C=C(C)N[C@@H](CN)C(=O)N[C@H](Cc1ccc(-c2ccccc2)cc1)C(=O)NCCCCC(C)CCC(C)N[C@H](CN)C(=O)N[C@H](Cc1ccc(-c2ccccc2)cc1)C(=O)NCCCCC(C)C. The topological polar surface area (TPSA) is 192 Å². The molecule has 0 spiro atoms. The van der Waals surface area contributed by atoms with Gasteiger partial charge in [-0.1, -0.05) is 162 Å². The molecule has 0 aliphatic rings. The molecule has 6 atom stereocenters. The highest BCUT2D eigenvalue weighted by Gasteiger charge is 2.27. The average Bonchev–Trinajstić information content (AvgIpc) is 3.34. The van der Waals surface area contributed by atoms with Crippen LogP contribution in [0.3, 0.4) is 0 Å². The van der Waals surface area contributed by atoms with Crippen LogP contribution in [0.25, 0.3) is 22.3 Å². The fourth-order valence-corrected chi connectivity index (χ4v) is 8.21. The summed E-state index contributed by atoms with van der Waals surface area (Å²) in [5.41, 5.74) is 18.9. The maximum absolute atomic E-state index is 13.7. The summed E-state index contributed by atoms with van der Waals surface area (Å²) in [5, 5.41) is 18.5. The van der Waals surface area contributed by atoms with Crippen LogP contribution in [0.5, 0.6) is 0 Å². The van der Waals surface area contributed by atoms with Gasteiger partial charge in [-0.25, -0.2) is 0 Å². The summed E-state index contributed by atoms with van der Waals surface area (Å²) in [6.07, 6.45) is 8.17. The molecule has 10 N–H and O–H groups in total. The molecule has 0 saturated heterocycles. The van der Waals surface area contributed by atoms with Crippen LogP contribution < -0.4 is 43.4 Å². The number of benzene rings is 4. The van der Waals surface area contributed by atoms with Gasteiger partial charge in [0.2, 0.25) is 23.6 Å². The van der Waals surface area contributed by atoms with E-state index in [-0.39, 0.29) is 42.8 Å². The Hall–Kier alpha value is -5.82. The normalized spacial score (nSPS) is 13.9. The Morgan fingerprint density at radius 2 is 0.912 bits per heavy atom. The van der Waals surface area contributed by atoms with E-state index in [2.05, 4.69) is 103 Å². The molecule has 0 bridgehead atoms. The third-order valence-corrected chi connectivity index (χ3v) is 12.3. The molecule has 0 saturated carbocycles. The van der Waals surface area contributed by atoms with Crippen LogP contribution in [-0.2, 0) is 32.0 Å². The van der Waals surface area contributed by atoms with Crippen LogP contribution in [0.2, 0.25) is 0 Å². The van der Waals surface area contributed by atoms with Crippen molar-refractivity contribution in [1.82, 2.24) is 31.9 Å². The van der Waals surface area contributed by atoms with Gasteiger partial charge in [0.05, 0.1) is 6.04 Å². The van der Waals surface area contributed by atoms with Gasteiger partial charge >= 0.3 is 0 Å². The number of amides is 4. The minimum absolute atomic E-state index is 0.0148. The summed E-state index contributed by atoms with van der Waals surface area (Å²) in [4.78, 5) is 54.1. The standard InChI is InChI=1S/C56H80N8O4/c1-39(2)17-13-15-33-59-54(66)50(36-44-27-31-48(32-28-44)46-21-11-8-12-22-46)64-56(68)52(38-58)62-42(6)24-23-41(5)18-14-16-34-60-53(65)49(63-55(67)51(37-57)61-40(3)4)35-43-25-29-47(30-26-43)45-19-9-7-10-20-45/h7-12,19-22,25-32,39,41-42,49-52,61-62H,3,13-18,23-24,33-38,57-58H2,1-2,4-6H3,(H,59,66)(H,60,65)(H,63,67)(H,64,68)/t41?,42?,49-,50-,51+,52-/m1/s1. The van der Waals surface area contributed by atoms with E-state index in [1.807, 2.05) is 72.8 Å². The smallest absolute Gasteiger partial charge is 0.244 e. The minimum atomic E-state index is -0.789. The van der Waals surface area contributed by atoms with Crippen molar-refractivity contribution < 1.29 is 19.2 Å². The van der Waals surface area contributed by atoms with E-state index in [1.54, 1.807) is 6.92 Å². The predicted molar refractivity (Wildman–Crippen MR) is 278 cm³/mol. The third-order valence-electron chi connectivity index (χ3n) is 12.3. The van der Waals surface area contributed by atoms with E-state index >= 15 is 0 Å². The van der Waals surface area contributed by atoms with Crippen molar-refractivity contribution in [3.05, 3.63) is 133 Å². The van der Waals surface area contributed by atoms with Crippen molar-refractivity contribution in [2.24, 2.45) is 23.3 Å². The van der Waals surface area contributed by atoms with Crippen molar-refractivity contribution in [2.75, 3.05) is 26.2 Å². The monoisotopic (exact) mass is 929 g/mol. The molecule has 0 aromatic heterocycles. The Morgan fingerprint density at radius 3 is 1.34 bits per heavy atom. The molecular weight excluding hydrogens is 849 g/mol. The molecule has 4 amide bonds. The summed E-state index contributed by atoms with van der Waals surface area (Å²) in [5.74, 6) is -0.0631. The van der Waals surface area contributed by atoms with Gasteiger partial charge in [-0.15, -0.1) is 0 Å². The second-order valence-electron chi connectivity index (χ2n) is 18.9. The van der Waals surface area contributed by atoms with Gasteiger partial charge < -0.3 is 43.4 Å². The van der Waals surface area contributed by atoms with Gasteiger partial charge in [0, 0.05) is 50.8 Å². The van der Waals surface area contributed by atoms with E-state index < -0.39 is 24.2 Å². The van der Waals surface area contributed by atoms with Gasteiger partial charge in [-0.3, -0.25) is 19.2 Å². The summed E-state index contributed by atoms with van der Waals surface area (Å²) >= 11 is 0. The van der Waals surface area contributed by atoms with Gasteiger partial charge in [0.25, 0.3) is 0 Å². The molecule has 0 aliphatic carbocycles. The largest absolute Gasteiger partial charge is 0.377 e. The first-order chi connectivity index (χ1) is 32.8. The first-order valence-corrected chi connectivity index (χ1v) is 24.8. The van der Waals surface area contributed by atoms with E-state index in [1.165, 1.54) is 0 Å². The highest BCUT2D eigenvalue weighted by molar-refractivity contribution is 5.91. The summed E-state index contributed by atoms with van der Waals surface area (Å²) < 4.78 is 0. The van der Waals surface area contributed by atoms with Crippen molar-refractivity contribution in [1.29, 1.82) is 0 Å². The summed E-state index contributed by atoms with van der Waals surface area (Å²) in [6, 6.07) is 33.5. The zero-order valence-corrected chi connectivity index (χ0v) is 41.3. The Morgan fingerprint density at radius 1 is 0.485 bits per heavy atom. The van der Waals surface area contributed by atoms with E-state index in [4.69, 9.17) is 11.5 Å². The third kappa shape index (κ3) is 19.8. The Kier molecular flexibility index (Phi) is 24.0. The molecule has 2 unspecified atom stereocenters. The Labute approximate surface area is 406 Å². The maximum Gasteiger partial charge on any atom is 0.244 e. The number of nitrogens with one attached hydrogen (secondary N) is 6. The molecule has 12 heteroatoms. The highest BCUT2D eigenvalue weighted by Crippen LogP contribution is 2.22. The first kappa shape index (κ1) is 54.8. The fourth-order valence-electron chi connectivity index (χ4n) is 8.21. The van der Waals surface area contributed by atoms with Crippen LogP contribution in [0.1, 0.15) is 97.1 Å². The zero-order chi connectivity index (χ0) is 49.3. The van der Waals surface area contributed by atoms with Crippen LogP contribution in [0.4, 0.5) is 0 Å². The van der Waals surface area contributed by atoms with Crippen molar-refractivity contribution >= 4 is 23.6 Å². The lowest BCUT2D eigenvalue weighted by Gasteiger charge is -2.25. The number of allylic oxidation sites excluding steroid dienone is 1. The fraction of sp³-hybridized carbons (Fsp3) is 0.464. The van der Waals surface area contributed by atoms with Crippen LogP contribution in [0.15, 0.2) is 121 Å². The predicted octanol–water partition coefficient (Wildman–Crippen LogP) is 7.18. The van der Waals surface area contributed by atoms with Crippen molar-refractivity contribution in [2.45, 2.75) is 129 Å². The van der Waals surface area contributed by atoms with Gasteiger partial charge in [-0.2, -0.15) is 0 Å². The summed E-state index contributed by atoms with van der Waals surface area (Å²) in [7, 11) is 0. The molecule has 0 fully saturated rings. The quantitative estimate of drug-likeness (QED) is 0.0244.